The van der Waals surface area contributed by atoms with E-state index in [0.717, 1.165) is 22.3 Å². The van der Waals surface area contributed by atoms with Gasteiger partial charge in [-0.05, 0) is 50.6 Å². The van der Waals surface area contributed by atoms with Crippen LogP contribution in [0.4, 0.5) is 5.69 Å². The average molecular weight is 404 g/mol. The van der Waals surface area contributed by atoms with Gasteiger partial charge in [-0.3, -0.25) is 4.79 Å². The van der Waals surface area contributed by atoms with E-state index in [4.69, 9.17) is 11.6 Å². The number of nitrogens with one attached hydrogen (secondary N) is 1. The number of benzene rings is 2. The van der Waals surface area contributed by atoms with Crippen molar-refractivity contribution in [3.63, 3.8) is 0 Å². The number of aromatic nitrogens is 2. The number of halogens is 1. The highest BCUT2D eigenvalue weighted by Crippen LogP contribution is 2.32. The van der Waals surface area contributed by atoms with Crippen LogP contribution >= 0.6 is 11.6 Å². The van der Waals surface area contributed by atoms with Crippen LogP contribution in [-0.4, -0.2) is 15.5 Å². The second-order valence-electron chi connectivity index (χ2n) is 7.43. The van der Waals surface area contributed by atoms with Gasteiger partial charge in [0.15, 0.2) is 0 Å². The lowest BCUT2D eigenvalue weighted by molar-refractivity contribution is 0.102. The molecule has 0 unspecified atom stereocenters. The Labute approximate surface area is 175 Å². The molecule has 1 N–H and O–H groups in total. The quantitative estimate of drug-likeness (QED) is 0.422. The van der Waals surface area contributed by atoms with Crippen molar-refractivity contribution in [1.29, 1.82) is 0 Å². The fraction of sp³-hybridized carbons (Fsp3) is 0.167. The summed E-state index contributed by atoms with van der Waals surface area (Å²) in [5.74, 6) is -0.251. The zero-order valence-electron chi connectivity index (χ0n) is 16.6. The van der Waals surface area contributed by atoms with Gasteiger partial charge in [0.05, 0.1) is 28.2 Å². The summed E-state index contributed by atoms with van der Waals surface area (Å²) < 4.78 is 2.22. The lowest BCUT2D eigenvalue weighted by Gasteiger charge is -2.14. The molecule has 0 aliphatic carbocycles. The Balaban J connectivity index is 1.73. The summed E-state index contributed by atoms with van der Waals surface area (Å²) in [7, 11) is 0. The zero-order valence-corrected chi connectivity index (χ0v) is 17.4. The first-order valence-corrected chi connectivity index (χ1v) is 9.96. The summed E-state index contributed by atoms with van der Waals surface area (Å²) in [4.78, 5) is 17.2. The van der Waals surface area contributed by atoms with Gasteiger partial charge in [0.2, 0.25) is 0 Å². The van der Waals surface area contributed by atoms with Gasteiger partial charge in [0.25, 0.3) is 5.91 Å². The van der Waals surface area contributed by atoms with Crippen molar-refractivity contribution in [2.75, 3.05) is 5.32 Å². The lowest BCUT2D eigenvalue weighted by atomic mass is 10.1. The third kappa shape index (κ3) is 3.76. The molecule has 0 radical (unpaired) electrons. The van der Waals surface area contributed by atoms with Crippen molar-refractivity contribution >= 4 is 34.2 Å². The molecule has 2 heterocycles. The highest BCUT2D eigenvalue weighted by Gasteiger charge is 2.16. The van der Waals surface area contributed by atoms with E-state index < -0.39 is 0 Å². The molecule has 4 rings (SSSR count). The first kappa shape index (κ1) is 19.2. The zero-order chi connectivity index (χ0) is 20.5. The molecule has 0 fully saturated rings. The van der Waals surface area contributed by atoms with Crippen molar-refractivity contribution < 1.29 is 4.79 Å². The molecular formula is C24H22ClN3O. The monoisotopic (exact) mass is 403 g/mol. The van der Waals surface area contributed by atoms with Crippen molar-refractivity contribution in [3.8, 4) is 11.3 Å². The summed E-state index contributed by atoms with van der Waals surface area (Å²) in [5.41, 5.74) is 5.45. The number of hydrogen-bond donors (Lipinski definition) is 1. The van der Waals surface area contributed by atoms with E-state index in [1.165, 1.54) is 5.56 Å². The maximum absolute atomic E-state index is 12.6. The molecule has 1 amide bonds. The molecule has 29 heavy (non-hydrogen) atoms. The number of pyridine rings is 1. The Hall–Kier alpha value is -3.11. The fourth-order valence-electron chi connectivity index (χ4n) is 3.49. The number of fused-ring (bicyclic) bond motifs is 1. The second-order valence-corrected chi connectivity index (χ2v) is 7.84. The van der Waals surface area contributed by atoms with E-state index in [9.17, 15) is 4.79 Å². The minimum Gasteiger partial charge on any atom is -0.323 e. The van der Waals surface area contributed by atoms with Crippen LogP contribution in [0.15, 0.2) is 66.9 Å². The molecule has 4 aromatic rings. The average Bonchev–Trinajstić information content (AvgIpc) is 3.07. The summed E-state index contributed by atoms with van der Waals surface area (Å²) in [5, 5.41) is 4.30. The predicted molar refractivity (Wildman–Crippen MR) is 120 cm³/mol. The molecule has 0 atom stereocenters. The maximum Gasteiger partial charge on any atom is 0.257 e. The van der Waals surface area contributed by atoms with Crippen LogP contribution in [0.5, 0.6) is 0 Å². The van der Waals surface area contributed by atoms with E-state index >= 15 is 0 Å². The van der Waals surface area contributed by atoms with Crippen LogP contribution in [-0.2, 0) is 0 Å². The summed E-state index contributed by atoms with van der Waals surface area (Å²) in [6.07, 6.45) is 1.69. The summed E-state index contributed by atoms with van der Waals surface area (Å²) >= 11 is 6.14. The molecule has 0 saturated carbocycles. The van der Waals surface area contributed by atoms with Crippen molar-refractivity contribution in [1.82, 2.24) is 9.55 Å². The Morgan fingerprint density at radius 1 is 1.07 bits per heavy atom. The third-order valence-corrected chi connectivity index (χ3v) is 5.24. The van der Waals surface area contributed by atoms with Crippen LogP contribution in [0.1, 0.15) is 35.8 Å². The molecule has 0 saturated heterocycles. The smallest absolute Gasteiger partial charge is 0.257 e. The van der Waals surface area contributed by atoms with Crippen LogP contribution in [0.2, 0.25) is 5.02 Å². The number of carbonyl (C=O) groups is 1. The predicted octanol–water partition coefficient (Wildman–Crippen LogP) is 6.50. The minimum atomic E-state index is -0.251. The van der Waals surface area contributed by atoms with E-state index in [1.807, 2.05) is 6.07 Å². The number of rotatable bonds is 4. The number of aryl methyl sites for hydroxylation is 1. The van der Waals surface area contributed by atoms with Gasteiger partial charge in [-0.1, -0.05) is 53.6 Å². The van der Waals surface area contributed by atoms with Crippen LogP contribution in [0, 0.1) is 6.92 Å². The SMILES string of the molecule is Cc1ccc(-c2cc3cc(NC(=O)c4ccccc4Cl)cnc3n2C(C)C)cc1. The van der Waals surface area contributed by atoms with Gasteiger partial charge < -0.3 is 9.88 Å². The van der Waals surface area contributed by atoms with E-state index in [2.05, 4.69) is 66.0 Å². The molecular weight excluding hydrogens is 382 g/mol. The number of hydrogen-bond acceptors (Lipinski definition) is 2. The highest BCUT2D eigenvalue weighted by atomic mass is 35.5. The van der Waals surface area contributed by atoms with Gasteiger partial charge in [0, 0.05) is 11.4 Å². The largest absolute Gasteiger partial charge is 0.323 e. The molecule has 5 heteroatoms. The first-order valence-electron chi connectivity index (χ1n) is 9.58. The Morgan fingerprint density at radius 3 is 2.48 bits per heavy atom. The Kier molecular flexibility index (Phi) is 5.12. The maximum atomic E-state index is 12.6. The molecule has 2 aromatic heterocycles. The Morgan fingerprint density at radius 2 is 1.79 bits per heavy atom. The van der Waals surface area contributed by atoms with E-state index in [1.54, 1.807) is 30.5 Å². The number of nitrogens with zero attached hydrogens (tertiary/aromatic N) is 2. The third-order valence-electron chi connectivity index (χ3n) is 4.92. The van der Waals surface area contributed by atoms with Gasteiger partial charge in [-0.25, -0.2) is 4.98 Å². The molecule has 0 bridgehead atoms. The summed E-state index contributed by atoms with van der Waals surface area (Å²) in [6.45, 7) is 6.37. The molecule has 146 valence electrons. The van der Waals surface area contributed by atoms with Crippen LogP contribution < -0.4 is 5.32 Å². The first-order chi connectivity index (χ1) is 13.9. The van der Waals surface area contributed by atoms with Gasteiger partial charge in [-0.15, -0.1) is 0 Å². The topological polar surface area (TPSA) is 46.9 Å². The molecule has 2 aromatic carbocycles. The van der Waals surface area contributed by atoms with Gasteiger partial charge in [0.1, 0.15) is 5.65 Å². The normalized spacial score (nSPS) is 11.2. The van der Waals surface area contributed by atoms with Crippen molar-refractivity contribution in [2.24, 2.45) is 0 Å². The van der Waals surface area contributed by atoms with Crippen molar-refractivity contribution in [2.45, 2.75) is 26.8 Å². The number of carbonyl (C=O) groups excluding carboxylic acids is 1. The Bertz CT molecular complexity index is 1190. The molecule has 0 aliphatic heterocycles. The standard InChI is InChI=1S/C24H22ClN3O/c1-15(2)28-22(17-10-8-16(3)9-11-17)13-18-12-19(14-26-23(18)28)27-24(29)20-6-4-5-7-21(20)25/h4-15H,1-3H3,(H,27,29). The van der Waals surface area contributed by atoms with Gasteiger partial charge in [-0.2, -0.15) is 0 Å². The fourth-order valence-corrected chi connectivity index (χ4v) is 3.72. The highest BCUT2D eigenvalue weighted by molar-refractivity contribution is 6.34. The molecule has 4 nitrogen and oxygen atoms in total. The minimum absolute atomic E-state index is 0.250. The number of anilines is 1. The van der Waals surface area contributed by atoms with E-state index in [0.29, 0.717) is 16.3 Å². The van der Waals surface area contributed by atoms with Gasteiger partial charge >= 0.3 is 0 Å². The molecule has 0 aliphatic rings. The van der Waals surface area contributed by atoms with Crippen molar-refractivity contribution in [3.05, 3.63) is 83.0 Å². The van der Waals surface area contributed by atoms with E-state index in [-0.39, 0.29) is 11.9 Å². The van der Waals surface area contributed by atoms with Crippen LogP contribution in [0.3, 0.4) is 0 Å². The molecule has 0 spiro atoms. The lowest BCUT2D eigenvalue weighted by Crippen LogP contribution is -2.12. The summed E-state index contributed by atoms with van der Waals surface area (Å²) in [6, 6.07) is 19.8. The van der Waals surface area contributed by atoms with Crippen LogP contribution in [0.25, 0.3) is 22.3 Å². The number of amides is 1. The second kappa shape index (κ2) is 7.72.